The highest BCUT2D eigenvalue weighted by Gasteiger charge is 2.19. The molecule has 1 aromatic rings. The van der Waals surface area contributed by atoms with Crippen LogP contribution >= 0.6 is 11.8 Å². The third-order valence-corrected chi connectivity index (χ3v) is 3.50. The molecule has 0 radical (unpaired) electrons. The van der Waals surface area contributed by atoms with Crippen LogP contribution < -0.4 is 5.32 Å². The Balaban J connectivity index is 2.68. The van der Waals surface area contributed by atoms with Gasteiger partial charge in [0.2, 0.25) is 5.95 Å². The van der Waals surface area contributed by atoms with Crippen LogP contribution in [0.5, 0.6) is 0 Å². The SMILES string of the molecule is CCc1nnc(NCC(C)(O)CSC)nc1CC. The Bertz CT molecular complexity index is 384. The molecule has 18 heavy (non-hydrogen) atoms. The van der Waals surface area contributed by atoms with E-state index in [-0.39, 0.29) is 0 Å². The summed E-state index contributed by atoms with van der Waals surface area (Å²) < 4.78 is 0. The first-order valence-electron chi connectivity index (χ1n) is 6.20. The lowest BCUT2D eigenvalue weighted by atomic mass is 10.1. The Hall–Kier alpha value is -0.880. The number of rotatable bonds is 7. The molecule has 0 aliphatic heterocycles. The molecule has 1 rings (SSSR count). The predicted octanol–water partition coefficient (Wildman–Crippen LogP) is 1.52. The molecule has 1 aromatic heterocycles. The summed E-state index contributed by atoms with van der Waals surface area (Å²) in [7, 11) is 0. The third-order valence-electron chi connectivity index (χ3n) is 2.59. The molecule has 0 amide bonds. The number of thioether (sulfide) groups is 1. The maximum atomic E-state index is 10.0. The molecule has 0 aromatic carbocycles. The predicted molar refractivity (Wildman–Crippen MR) is 76.1 cm³/mol. The minimum Gasteiger partial charge on any atom is -0.387 e. The maximum Gasteiger partial charge on any atom is 0.243 e. The smallest absolute Gasteiger partial charge is 0.243 e. The summed E-state index contributed by atoms with van der Waals surface area (Å²) in [5.74, 6) is 1.16. The molecule has 6 heteroatoms. The molecule has 0 aliphatic rings. The van der Waals surface area contributed by atoms with Crippen LogP contribution in [-0.4, -0.2) is 44.4 Å². The van der Waals surface area contributed by atoms with Crippen LogP contribution in [0, 0.1) is 0 Å². The Morgan fingerprint density at radius 2 is 1.89 bits per heavy atom. The van der Waals surface area contributed by atoms with Crippen molar-refractivity contribution in [1.82, 2.24) is 15.2 Å². The molecule has 1 unspecified atom stereocenters. The minimum atomic E-state index is -0.765. The van der Waals surface area contributed by atoms with Crippen LogP contribution in [0.1, 0.15) is 32.2 Å². The van der Waals surface area contributed by atoms with Crippen LogP contribution in [0.4, 0.5) is 5.95 Å². The van der Waals surface area contributed by atoms with Crippen LogP contribution in [0.3, 0.4) is 0 Å². The first kappa shape index (κ1) is 15.2. The van der Waals surface area contributed by atoms with Crippen molar-refractivity contribution in [2.45, 2.75) is 39.2 Å². The molecule has 2 N–H and O–H groups in total. The van der Waals surface area contributed by atoms with E-state index in [1.165, 1.54) is 0 Å². The second-order valence-corrected chi connectivity index (χ2v) is 5.39. The molecule has 0 bridgehead atoms. The molecule has 0 fully saturated rings. The van der Waals surface area contributed by atoms with Crippen LogP contribution in [0.2, 0.25) is 0 Å². The van der Waals surface area contributed by atoms with Crippen molar-refractivity contribution >= 4 is 17.7 Å². The van der Waals surface area contributed by atoms with Crippen LogP contribution in [0.15, 0.2) is 0 Å². The molecule has 1 atom stereocenters. The van der Waals surface area contributed by atoms with E-state index in [2.05, 4.69) is 27.4 Å². The highest BCUT2D eigenvalue weighted by molar-refractivity contribution is 7.98. The van der Waals surface area contributed by atoms with Gasteiger partial charge in [-0.05, 0) is 26.0 Å². The van der Waals surface area contributed by atoms with Crippen molar-refractivity contribution in [3.63, 3.8) is 0 Å². The van der Waals surface area contributed by atoms with E-state index >= 15 is 0 Å². The summed E-state index contributed by atoms with van der Waals surface area (Å²) >= 11 is 1.61. The van der Waals surface area contributed by atoms with Gasteiger partial charge in [-0.15, -0.1) is 5.10 Å². The van der Waals surface area contributed by atoms with Gasteiger partial charge in [0, 0.05) is 12.3 Å². The van der Waals surface area contributed by atoms with Gasteiger partial charge in [-0.3, -0.25) is 0 Å². The van der Waals surface area contributed by atoms with Crippen LogP contribution in [-0.2, 0) is 12.8 Å². The summed E-state index contributed by atoms with van der Waals surface area (Å²) in [6, 6.07) is 0. The van der Waals surface area contributed by atoms with E-state index in [4.69, 9.17) is 0 Å². The van der Waals surface area contributed by atoms with Crippen molar-refractivity contribution in [1.29, 1.82) is 0 Å². The topological polar surface area (TPSA) is 70.9 Å². The number of aromatic nitrogens is 3. The fraction of sp³-hybridized carbons (Fsp3) is 0.750. The van der Waals surface area contributed by atoms with Gasteiger partial charge in [0.15, 0.2) is 0 Å². The average molecular weight is 270 g/mol. The summed E-state index contributed by atoms with van der Waals surface area (Å²) in [6.07, 6.45) is 3.65. The number of aryl methyl sites for hydroxylation is 2. The largest absolute Gasteiger partial charge is 0.387 e. The van der Waals surface area contributed by atoms with Gasteiger partial charge in [-0.25, -0.2) is 4.98 Å². The first-order valence-corrected chi connectivity index (χ1v) is 7.59. The van der Waals surface area contributed by atoms with Gasteiger partial charge < -0.3 is 10.4 Å². The molecule has 0 saturated heterocycles. The first-order chi connectivity index (χ1) is 8.52. The van der Waals surface area contributed by atoms with E-state index in [0.717, 1.165) is 24.2 Å². The molecule has 0 spiro atoms. The quantitative estimate of drug-likeness (QED) is 0.783. The van der Waals surface area contributed by atoms with E-state index in [0.29, 0.717) is 18.2 Å². The summed E-state index contributed by atoms with van der Waals surface area (Å²) in [5.41, 5.74) is 1.15. The molecule has 0 aliphatic carbocycles. The minimum absolute atomic E-state index is 0.421. The van der Waals surface area contributed by atoms with Crippen LogP contribution in [0.25, 0.3) is 0 Å². The number of aliphatic hydroxyl groups is 1. The van der Waals surface area contributed by atoms with Gasteiger partial charge >= 0.3 is 0 Å². The lowest BCUT2D eigenvalue weighted by Crippen LogP contribution is -2.36. The molecular formula is C12H22N4OS. The van der Waals surface area contributed by atoms with Gasteiger partial charge in [-0.1, -0.05) is 13.8 Å². The standard InChI is InChI=1S/C12H22N4OS/c1-5-9-10(6-2)15-16-11(14-9)13-7-12(3,17)8-18-4/h17H,5-8H2,1-4H3,(H,13,14,16). The van der Waals surface area contributed by atoms with Crippen molar-refractivity contribution in [3.05, 3.63) is 11.4 Å². The van der Waals surface area contributed by atoms with Crippen molar-refractivity contribution in [3.8, 4) is 0 Å². The number of hydrogen-bond donors (Lipinski definition) is 2. The lowest BCUT2D eigenvalue weighted by Gasteiger charge is -2.22. The van der Waals surface area contributed by atoms with Gasteiger partial charge in [0.1, 0.15) is 0 Å². The number of nitrogens with one attached hydrogen (secondary N) is 1. The summed E-state index contributed by atoms with van der Waals surface area (Å²) in [5, 5.41) is 21.3. The lowest BCUT2D eigenvalue weighted by molar-refractivity contribution is 0.0995. The zero-order chi connectivity index (χ0) is 13.6. The Morgan fingerprint density at radius 3 is 2.44 bits per heavy atom. The number of nitrogens with zero attached hydrogens (tertiary/aromatic N) is 3. The Kier molecular flexibility index (Phi) is 5.81. The highest BCUT2D eigenvalue weighted by atomic mass is 32.2. The Labute approximate surface area is 113 Å². The molecule has 0 saturated carbocycles. The van der Waals surface area contributed by atoms with Crippen molar-refractivity contribution < 1.29 is 5.11 Å². The van der Waals surface area contributed by atoms with Gasteiger partial charge in [-0.2, -0.15) is 16.9 Å². The second-order valence-electron chi connectivity index (χ2n) is 4.52. The zero-order valence-electron chi connectivity index (χ0n) is 11.5. The van der Waals surface area contributed by atoms with Gasteiger partial charge in [0.25, 0.3) is 0 Å². The van der Waals surface area contributed by atoms with E-state index in [1.54, 1.807) is 18.7 Å². The molecule has 102 valence electrons. The summed E-state index contributed by atoms with van der Waals surface area (Å²) in [4.78, 5) is 4.42. The van der Waals surface area contributed by atoms with Crippen molar-refractivity contribution in [2.75, 3.05) is 23.9 Å². The third kappa shape index (κ3) is 4.42. The molecule has 5 nitrogen and oxygen atoms in total. The maximum absolute atomic E-state index is 10.0. The highest BCUT2D eigenvalue weighted by Crippen LogP contribution is 2.12. The molecule has 1 heterocycles. The van der Waals surface area contributed by atoms with E-state index < -0.39 is 5.60 Å². The average Bonchev–Trinajstić information content (AvgIpc) is 2.36. The van der Waals surface area contributed by atoms with E-state index in [1.807, 2.05) is 13.2 Å². The van der Waals surface area contributed by atoms with E-state index in [9.17, 15) is 5.11 Å². The second kappa shape index (κ2) is 6.89. The fourth-order valence-corrected chi connectivity index (χ4v) is 2.37. The monoisotopic (exact) mass is 270 g/mol. The number of anilines is 1. The molecular weight excluding hydrogens is 248 g/mol. The summed E-state index contributed by atoms with van der Waals surface area (Å²) in [6.45, 7) is 6.31. The van der Waals surface area contributed by atoms with Crippen molar-refractivity contribution in [2.24, 2.45) is 0 Å². The number of hydrogen-bond acceptors (Lipinski definition) is 6. The zero-order valence-corrected chi connectivity index (χ0v) is 12.3. The van der Waals surface area contributed by atoms with Gasteiger partial charge in [0.05, 0.1) is 17.0 Å². The Morgan fingerprint density at radius 1 is 1.22 bits per heavy atom. The normalized spacial score (nSPS) is 14.3. The fourth-order valence-electron chi connectivity index (χ4n) is 1.64.